The van der Waals surface area contributed by atoms with Crippen molar-refractivity contribution in [2.75, 3.05) is 25.6 Å². The van der Waals surface area contributed by atoms with E-state index in [0.717, 1.165) is 0 Å². The third-order valence-corrected chi connectivity index (χ3v) is 1.97. The normalized spacial score (nSPS) is 10.1. The molecule has 0 aliphatic heterocycles. The van der Waals surface area contributed by atoms with Crippen LogP contribution in [-0.4, -0.2) is 30.5 Å². The third-order valence-electron chi connectivity index (χ3n) is 1.78. The van der Waals surface area contributed by atoms with Crippen molar-refractivity contribution in [3.8, 4) is 5.75 Å². The minimum absolute atomic E-state index is 0.0308. The lowest BCUT2D eigenvalue weighted by atomic mass is 10.3. The Balaban J connectivity index is 2.44. The monoisotopic (exact) mass is 243 g/mol. The van der Waals surface area contributed by atoms with Gasteiger partial charge in [0, 0.05) is 11.8 Å². The summed E-state index contributed by atoms with van der Waals surface area (Å²) in [5.41, 5.74) is -0.0308. The summed E-state index contributed by atoms with van der Waals surface area (Å²) in [5.74, 6) is 0.910. The second-order valence-electron chi connectivity index (χ2n) is 2.91. The van der Waals surface area contributed by atoms with Crippen molar-refractivity contribution in [3.63, 3.8) is 0 Å². The number of thiol groups is 1. The Morgan fingerprint density at radius 1 is 1.25 bits per heavy atom. The van der Waals surface area contributed by atoms with E-state index in [-0.39, 0.29) is 11.4 Å². The molecule has 0 fully saturated rings. The molecule has 0 bridgehead atoms. The van der Waals surface area contributed by atoms with Gasteiger partial charge in [0.15, 0.2) is 5.75 Å². The van der Waals surface area contributed by atoms with Crippen molar-refractivity contribution in [1.82, 2.24) is 0 Å². The molecule has 0 saturated heterocycles. The average molecular weight is 243 g/mol. The standard InChI is InChI=1S/C10H13NO4S/c12-11(13)9-3-1-2-4-10(9)15-6-5-14-7-8-16/h1-4,16H,5-8H2. The van der Waals surface area contributed by atoms with Gasteiger partial charge in [0.2, 0.25) is 0 Å². The molecule has 0 spiro atoms. The largest absolute Gasteiger partial charge is 0.484 e. The first-order chi connectivity index (χ1) is 7.75. The Hall–Kier alpha value is -1.27. The van der Waals surface area contributed by atoms with Crippen molar-refractivity contribution < 1.29 is 14.4 Å². The zero-order chi connectivity index (χ0) is 11.8. The summed E-state index contributed by atoms with van der Waals surface area (Å²) in [6, 6.07) is 6.26. The molecule has 0 aromatic heterocycles. The smallest absolute Gasteiger partial charge is 0.310 e. The summed E-state index contributed by atoms with van der Waals surface area (Å²) in [6.07, 6.45) is 0. The van der Waals surface area contributed by atoms with E-state index in [9.17, 15) is 10.1 Å². The molecule has 0 unspecified atom stereocenters. The fourth-order valence-corrected chi connectivity index (χ4v) is 1.24. The number of nitrogens with zero attached hydrogens (tertiary/aromatic N) is 1. The summed E-state index contributed by atoms with van der Waals surface area (Å²) >= 11 is 3.98. The molecule has 0 radical (unpaired) electrons. The van der Waals surface area contributed by atoms with Crippen LogP contribution in [0.3, 0.4) is 0 Å². The van der Waals surface area contributed by atoms with Crippen molar-refractivity contribution in [3.05, 3.63) is 34.4 Å². The molecule has 0 aliphatic rings. The van der Waals surface area contributed by atoms with Crippen LogP contribution < -0.4 is 4.74 Å². The molecule has 5 nitrogen and oxygen atoms in total. The molecule has 0 saturated carbocycles. The highest BCUT2D eigenvalue weighted by atomic mass is 32.1. The number of hydrogen-bond acceptors (Lipinski definition) is 5. The van der Waals surface area contributed by atoms with Crippen LogP contribution in [0.4, 0.5) is 5.69 Å². The fraction of sp³-hybridized carbons (Fsp3) is 0.400. The Kier molecular flexibility index (Phi) is 5.66. The van der Waals surface area contributed by atoms with Crippen LogP contribution in [0.2, 0.25) is 0 Å². The molecule has 88 valence electrons. The summed E-state index contributed by atoms with van der Waals surface area (Å²) in [6.45, 7) is 1.23. The average Bonchev–Trinajstić information content (AvgIpc) is 2.29. The summed E-state index contributed by atoms with van der Waals surface area (Å²) in [4.78, 5) is 10.2. The second kappa shape index (κ2) is 7.08. The van der Waals surface area contributed by atoms with E-state index < -0.39 is 4.92 Å². The van der Waals surface area contributed by atoms with Crippen molar-refractivity contribution in [2.24, 2.45) is 0 Å². The van der Waals surface area contributed by atoms with Gasteiger partial charge in [-0.25, -0.2) is 0 Å². The topological polar surface area (TPSA) is 61.6 Å². The third kappa shape index (κ3) is 4.08. The highest BCUT2D eigenvalue weighted by molar-refractivity contribution is 7.80. The Morgan fingerprint density at radius 2 is 2.00 bits per heavy atom. The van der Waals surface area contributed by atoms with Crippen molar-refractivity contribution in [2.45, 2.75) is 0 Å². The van der Waals surface area contributed by atoms with Gasteiger partial charge < -0.3 is 9.47 Å². The molecule has 0 aliphatic carbocycles. The molecule has 0 amide bonds. The molecule has 1 aromatic rings. The number of ether oxygens (including phenoxy) is 2. The highest BCUT2D eigenvalue weighted by Crippen LogP contribution is 2.25. The minimum Gasteiger partial charge on any atom is -0.484 e. The lowest BCUT2D eigenvalue weighted by Gasteiger charge is -2.06. The van der Waals surface area contributed by atoms with E-state index in [1.807, 2.05) is 0 Å². The Bertz CT molecular complexity index is 345. The molecule has 0 heterocycles. The lowest BCUT2D eigenvalue weighted by molar-refractivity contribution is -0.385. The lowest BCUT2D eigenvalue weighted by Crippen LogP contribution is -2.08. The zero-order valence-electron chi connectivity index (χ0n) is 8.67. The molecule has 0 N–H and O–H groups in total. The predicted molar refractivity (Wildman–Crippen MR) is 63.3 cm³/mol. The molecule has 1 aromatic carbocycles. The number of nitro benzene ring substituents is 1. The van der Waals surface area contributed by atoms with Gasteiger partial charge in [0.25, 0.3) is 0 Å². The van der Waals surface area contributed by atoms with Crippen LogP contribution in [-0.2, 0) is 4.74 Å². The zero-order valence-corrected chi connectivity index (χ0v) is 9.56. The quantitative estimate of drug-likeness (QED) is 0.344. The van der Waals surface area contributed by atoms with Crippen LogP contribution in [0.15, 0.2) is 24.3 Å². The SMILES string of the molecule is O=[N+]([O-])c1ccccc1OCCOCCS. The predicted octanol–water partition coefficient (Wildman–Crippen LogP) is 1.92. The maximum absolute atomic E-state index is 10.6. The van der Waals surface area contributed by atoms with Crippen molar-refractivity contribution in [1.29, 1.82) is 0 Å². The highest BCUT2D eigenvalue weighted by Gasteiger charge is 2.12. The first kappa shape index (κ1) is 12.8. The fourth-order valence-electron chi connectivity index (χ4n) is 1.11. The Labute approximate surface area is 98.9 Å². The summed E-state index contributed by atoms with van der Waals surface area (Å²) in [5, 5.41) is 10.6. The molecular formula is C10H13NO4S. The van der Waals surface area contributed by atoms with E-state index in [2.05, 4.69) is 12.6 Å². The van der Waals surface area contributed by atoms with Crippen molar-refractivity contribution >= 4 is 18.3 Å². The van der Waals surface area contributed by atoms with Crippen LogP contribution in [0.5, 0.6) is 5.75 Å². The number of nitro groups is 1. The van der Waals surface area contributed by atoms with Gasteiger partial charge in [-0.2, -0.15) is 12.6 Å². The van der Waals surface area contributed by atoms with Gasteiger partial charge in [0.1, 0.15) is 6.61 Å². The molecule has 6 heteroatoms. The van der Waals surface area contributed by atoms with Gasteiger partial charge in [-0.05, 0) is 6.07 Å². The summed E-state index contributed by atoms with van der Waals surface area (Å²) in [7, 11) is 0. The van der Waals surface area contributed by atoms with E-state index >= 15 is 0 Å². The van der Waals surface area contributed by atoms with Crippen LogP contribution in [0, 0.1) is 10.1 Å². The van der Waals surface area contributed by atoms with Crippen LogP contribution in [0.25, 0.3) is 0 Å². The van der Waals surface area contributed by atoms with Crippen LogP contribution >= 0.6 is 12.6 Å². The van der Waals surface area contributed by atoms with E-state index in [1.54, 1.807) is 18.2 Å². The van der Waals surface area contributed by atoms with Gasteiger partial charge in [-0.1, -0.05) is 12.1 Å². The molecule has 0 atom stereocenters. The number of hydrogen-bond donors (Lipinski definition) is 1. The molecule has 16 heavy (non-hydrogen) atoms. The van der Waals surface area contributed by atoms with Gasteiger partial charge in [-0.3, -0.25) is 10.1 Å². The number of para-hydroxylation sites is 2. The van der Waals surface area contributed by atoms with Gasteiger partial charge >= 0.3 is 5.69 Å². The second-order valence-corrected chi connectivity index (χ2v) is 3.36. The van der Waals surface area contributed by atoms with Gasteiger partial charge in [-0.15, -0.1) is 0 Å². The number of rotatable bonds is 7. The molecule has 1 rings (SSSR count). The first-order valence-electron chi connectivity index (χ1n) is 4.80. The van der Waals surface area contributed by atoms with E-state index in [1.165, 1.54) is 6.07 Å². The van der Waals surface area contributed by atoms with Crippen LogP contribution in [0.1, 0.15) is 0 Å². The first-order valence-corrected chi connectivity index (χ1v) is 5.43. The minimum atomic E-state index is -0.468. The maximum Gasteiger partial charge on any atom is 0.310 e. The van der Waals surface area contributed by atoms with E-state index in [0.29, 0.717) is 25.6 Å². The Morgan fingerprint density at radius 3 is 2.69 bits per heavy atom. The van der Waals surface area contributed by atoms with Gasteiger partial charge in [0.05, 0.1) is 18.1 Å². The maximum atomic E-state index is 10.6. The van der Waals surface area contributed by atoms with E-state index in [4.69, 9.17) is 9.47 Å². The molecular weight excluding hydrogens is 230 g/mol. The number of benzene rings is 1. The summed E-state index contributed by atoms with van der Waals surface area (Å²) < 4.78 is 10.4.